The second kappa shape index (κ2) is 9.90. The highest BCUT2D eigenvalue weighted by atomic mass is 16.4. The van der Waals surface area contributed by atoms with Crippen LogP contribution in [0, 0.1) is 17.8 Å². The highest BCUT2D eigenvalue weighted by molar-refractivity contribution is 5.93. The predicted octanol–water partition coefficient (Wildman–Crippen LogP) is -0.208. The fraction of sp³-hybridized carbons (Fsp3) is 0.579. The fourth-order valence-corrected chi connectivity index (χ4v) is 2.50. The number of nitrogens with zero attached hydrogens (tertiary/aromatic N) is 1. The molecule has 1 aliphatic rings. The number of rotatable bonds is 8. The molecule has 9 heteroatoms. The van der Waals surface area contributed by atoms with Gasteiger partial charge in [0.15, 0.2) is 0 Å². The number of carboxylic acid groups (broad SMARTS) is 1. The smallest absolute Gasteiger partial charge is 0.322 e. The van der Waals surface area contributed by atoms with Crippen LogP contribution in [-0.4, -0.2) is 58.5 Å². The van der Waals surface area contributed by atoms with Gasteiger partial charge in [-0.15, -0.1) is 18.9 Å². The van der Waals surface area contributed by atoms with Crippen LogP contribution in [0.3, 0.4) is 0 Å². The van der Waals surface area contributed by atoms with Crippen molar-refractivity contribution in [2.75, 3.05) is 6.54 Å². The summed E-state index contributed by atoms with van der Waals surface area (Å²) in [6.45, 7) is 8.70. The Kier molecular flexibility index (Phi) is 8.19. The zero-order chi connectivity index (χ0) is 21.5. The first kappa shape index (κ1) is 23.2. The standard InChI is InChI=1S/C19H28N4O5/c1-6-9-13(21-18(28)19(4,5)7-2)15(24)20-12(3)16(25)23-11-8-10-14(22-23)17(26)27/h1,7,12-14,22H,2,8-11H2,3-5H3,(H,20,24)(H,21,28)(H,26,27). The van der Waals surface area contributed by atoms with Gasteiger partial charge in [-0.05, 0) is 33.6 Å². The van der Waals surface area contributed by atoms with Crippen LogP contribution in [0.15, 0.2) is 12.7 Å². The average Bonchev–Trinajstić information content (AvgIpc) is 2.66. The molecule has 0 aromatic rings. The molecular weight excluding hydrogens is 364 g/mol. The number of hydrogen-bond donors (Lipinski definition) is 4. The Morgan fingerprint density at radius 1 is 1.39 bits per heavy atom. The van der Waals surface area contributed by atoms with Gasteiger partial charge in [0.1, 0.15) is 18.1 Å². The van der Waals surface area contributed by atoms with Gasteiger partial charge in [-0.3, -0.25) is 24.2 Å². The summed E-state index contributed by atoms with van der Waals surface area (Å²) in [5, 5.41) is 15.4. The van der Waals surface area contributed by atoms with Crippen LogP contribution < -0.4 is 16.1 Å². The van der Waals surface area contributed by atoms with Gasteiger partial charge in [-0.25, -0.2) is 5.43 Å². The highest BCUT2D eigenvalue weighted by Crippen LogP contribution is 2.16. The van der Waals surface area contributed by atoms with Crippen LogP contribution in [0.4, 0.5) is 0 Å². The lowest BCUT2D eigenvalue weighted by Gasteiger charge is -2.33. The quantitative estimate of drug-likeness (QED) is 0.334. The SMILES string of the molecule is C#CCC(NC(=O)C(C)(C)C=C)C(=O)NC(C)C(=O)N1CCCC(C(=O)O)N1. The number of hydrogen-bond acceptors (Lipinski definition) is 5. The third-order valence-corrected chi connectivity index (χ3v) is 4.52. The third kappa shape index (κ3) is 6.09. The van der Waals surface area contributed by atoms with Crippen LogP contribution >= 0.6 is 0 Å². The maximum absolute atomic E-state index is 12.5. The molecule has 0 aromatic carbocycles. The highest BCUT2D eigenvalue weighted by Gasteiger charge is 2.33. The topological polar surface area (TPSA) is 128 Å². The number of aliphatic carboxylic acids is 1. The van der Waals surface area contributed by atoms with Crippen molar-refractivity contribution in [2.45, 2.75) is 58.2 Å². The summed E-state index contributed by atoms with van der Waals surface area (Å²) in [4.78, 5) is 48.4. The van der Waals surface area contributed by atoms with E-state index in [1.165, 1.54) is 18.0 Å². The van der Waals surface area contributed by atoms with Crippen molar-refractivity contribution in [3.63, 3.8) is 0 Å². The second-order valence-corrected chi connectivity index (χ2v) is 7.24. The molecule has 0 saturated carbocycles. The molecule has 3 atom stereocenters. The van der Waals surface area contributed by atoms with E-state index >= 15 is 0 Å². The number of carboxylic acids is 1. The van der Waals surface area contributed by atoms with Crippen LogP contribution in [-0.2, 0) is 19.2 Å². The van der Waals surface area contributed by atoms with Crippen LogP contribution in [0.5, 0.6) is 0 Å². The molecule has 0 radical (unpaired) electrons. The van der Waals surface area contributed by atoms with Crippen molar-refractivity contribution in [3.05, 3.63) is 12.7 Å². The predicted molar refractivity (Wildman–Crippen MR) is 102 cm³/mol. The van der Waals surface area contributed by atoms with E-state index < -0.39 is 47.2 Å². The van der Waals surface area contributed by atoms with Gasteiger partial charge in [-0.1, -0.05) is 6.08 Å². The number of carbonyl (C=O) groups excluding carboxylic acids is 3. The largest absolute Gasteiger partial charge is 0.480 e. The Balaban J connectivity index is 2.74. The Morgan fingerprint density at radius 2 is 2.04 bits per heavy atom. The molecule has 0 bridgehead atoms. The van der Waals surface area contributed by atoms with Crippen LogP contribution in [0.1, 0.15) is 40.0 Å². The number of nitrogens with one attached hydrogen (secondary N) is 3. The summed E-state index contributed by atoms with van der Waals surface area (Å²) in [6, 6.07) is -2.79. The summed E-state index contributed by atoms with van der Waals surface area (Å²) >= 11 is 0. The average molecular weight is 392 g/mol. The molecule has 0 aromatic heterocycles. The summed E-state index contributed by atoms with van der Waals surface area (Å²) < 4.78 is 0. The van der Waals surface area contributed by atoms with E-state index in [1.54, 1.807) is 13.8 Å². The zero-order valence-electron chi connectivity index (χ0n) is 16.4. The molecule has 1 heterocycles. The first-order valence-corrected chi connectivity index (χ1v) is 9.02. The molecule has 0 aliphatic carbocycles. The molecular formula is C19H28N4O5. The molecule has 9 nitrogen and oxygen atoms in total. The van der Waals surface area contributed by atoms with Crippen molar-refractivity contribution in [1.82, 2.24) is 21.1 Å². The first-order valence-electron chi connectivity index (χ1n) is 9.02. The van der Waals surface area contributed by atoms with E-state index in [4.69, 9.17) is 11.5 Å². The van der Waals surface area contributed by atoms with Gasteiger partial charge in [0.25, 0.3) is 5.91 Å². The Morgan fingerprint density at radius 3 is 2.57 bits per heavy atom. The third-order valence-electron chi connectivity index (χ3n) is 4.52. The lowest BCUT2D eigenvalue weighted by Crippen LogP contribution is -2.60. The number of hydrazine groups is 1. The molecule has 1 fully saturated rings. The van der Waals surface area contributed by atoms with E-state index in [2.05, 4.69) is 28.6 Å². The van der Waals surface area contributed by atoms with Crippen LogP contribution in [0.25, 0.3) is 0 Å². The minimum atomic E-state index is -1.05. The van der Waals surface area contributed by atoms with Crippen LogP contribution in [0.2, 0.25) is 0 Å². The van der Waals surface area contributed by atoms with E-state index in [9.17, 15) is 19.2 Å². The normalized spacial score (nSPS) is 18.9. The van der Waals surface area contributed by atoms with E-state index in [0.29, 0.717) is 19.4 Å². The summed E-state index contributed by atoms with van der Waals surface area (Å²) in [6.07, 6.45) is 7.65. The molecule has 3 unspecified atom stereocenters. The van der Waals surface area contributed by atoms with Crippen molar-refractivity contribution >= 4 is 23.7 Å². The lowest BCUT2D eigenvalue weighted by molar-refractivity contribution is -0.148. The van der Waals surface area contributed by atoms with Crippen molar-refractivity contribution in [2.24, 2.45) is 5.41 Å². The second-order valence-electron chi connectivity index (χ2n) is 7.24. The molecule has 1 aliphatic heterocycles. The number of amides is 3. The van der Waals surface area contributed by atoms with Crippen molar-refractivity contribution in [1.29, 1.82) is 0 Å². The van der Waals surface area contributed by atoms with Gasteiger partial charge < -0.3 is 15.7 Å². The molecule has 4 N–H and O–H groups in total. The molecule has 154 valence electrons. The Labute approximate surface area is 164 Å². The van der Waals surface area contributed by atoms with E-state index in [1.807, 2.05) is 0 Å². The monoisotopic (exact) mass is 392 g/mol. The minimum absolute atomic E-state index is 0.0469. The van der Waals surface area contributed by atoms with E-state index in [-0.39, 0.29) is 6.42 Å². The summed E-state index contributed by atoms with van der Waals surface area (Å²) in [5.74, 6) is -0.204. The maximum atomic E-state index is 12.5. The van der Waals surface area contributed by atoms with Gasteiger partial charge in [0, 0.05) is 13.0 Å². The van der Waals surface area contributed by atoms with Gasteiger partial charge in [0.05, 0.1) is 5.41 Å². The Bertz CT molecular complexity index is 682. The molecule has 3 amide bonds. The Hall–Kier alpha value is -2.86. The lowest BCUT2D eigenvalue weighted by atomic mass is 9.92. The minimum Gasteiger partial charge on any atom is -0.480 e. The molecule has 1 saturated heterocycles. The van der Waals surface area contributed by atoms with Gasteiger partial charge in [-0.2, -0.15) is 0 Å². The summed E-state index contributed by atoms with van der Waals surface area (Å²) in [7, 11) is 0. The number of carbonyl (C=O) groups is 4. The molecule has 0 spiro atoms. The fourth-order valence-electron chi connectivity index (χ4n) is 2.50. The maximum Gasteiger partial charge on any atom is 0.322 e. The molecule has 28 heavy (non-hydrogen) atoms. The first-order chi connectivity index (χ1) is 13.0. The van der Waals surface area contributed by atoms with Crippen molar-refractivity contribution in [3.8, 4) is 12.3 Å². The van der Waals surface area contributed by atoms with Gasteiger partial charge >= 0.3 is 5.97 Å². The molecule has 1 rings (SSSR count). The summed E-state index contributed by atoms with van der Waals surface area (Å²) in [5.41, 5.74) is 1.75. The number of terminal acetylenes is 1. The van der Waals surface area contributed by atoms with Crippen molar-refractivity contribution < 1.29 is 24.3 Å². The zero-order valence-corrected chi connectivity index (χ0v) is 16.4. The van der Waals surface area contributed by atoms with E-state index in [0.717, 1.165) is 0 Å². The van der Waals surface area contributed by atoms with Gasteiger partial charge in [0.2, 0.25) is 11.8 Å².